The van der Waals surface area contributed by atoms with Crippen LogP contribution in [0.5, 0.6) is 5.75 Å². The lowest BCUT2D eigenvalue weighted by molar-refractivity contribution is -0.387. The second-order valence-corrected chi connectivity index (χ2v) is 8.36. The molecule has 0 aromatic heterocycles. The monoisotopic (exact) mass is 392 g/mol. The summed E-state index contributed by atoms with van der Waals surface area (Å²) in [7, 11) is -2.47. The number of nitro benzene ring substituents is 1. The maximum atomic E-state index is 12.8. The number of benzene rings is 2. The van der Waals surface area contributed by atoms with Gasteiger partial charge in [-0.3, -0.25) is 10.1 Å². The molecular weight excluding hydrogens is 368 g/mol. The van der Waals surface area contributed by atoms with Crippen molar-refractivity contribution >= 4 is 15.7 Å². The highest BCUT2D eigenvalue weighted by molar-refractivity contribution is 7.89. The minimum atomic E-state index is -4.07. The van der Waals surface area contributed by atoms with Crippen LogP contribution in [0.3, 0.4) is 0 Å². The molecule has 0 aliphatic rings. The summed E-state index contributed by atoms with van der Waals surface area (Å²) in [5.41, 5.74) is 2.18. The number of sulfonamides is 1. The lowest BCUT2D eigenvalue weighted by atomic mass is 9.94. The predicted molar refractivity (Wildman–Crippen MR) is 104 cm³/mol. The van der Waals surface area contributed by atoms with Crippen LogP contribution in [0.15, 0.2) is 41.3 Å². The molecule has 2 rings (SSSR count). The van der Waals surface area contributed by atoms with E-state index in [0.29, 0.717) is 0 Å². The Balaban J connectivity index is 2.44. The van der Waals surface area contributed by atoms with Gasteiger partial charge in [0.25, 0.3) is 5.69 Å². The smallest absolute Gasteiger partial charge is 0.289 e. The normalized spacial score (nSPS) is 12.8. The molecule has 0 amide bonds. The average molecular weight is 392 g/mol. The first kappa shape index (κ1) is 20.9. The molecule has 0 bridgehead atoms. The maximum Gasteiger partial charge on any atom is 0.289 e. The average Bonchev–Trinajstić information content (AvgIpc) is 2.60. The molecule has 146 valence electrons. The van der Waals surface area contributed by atoms with Crippen molar-refractivity contribution in [2.24, 2.45) is 0 Å². The topological polar surface area (TPSA) is 98.5 Å². The fraction of sp³-hybridized carbons (Fsp3) is 0.368. The number of ether oxygens (including phenoxy) is 1. The second-order valence-electron chi connectivity index (χ2n) is 6.67. The van der Waals surface area contributed by atoms with Gasteiger partial charge < -0.3 is 4.74 Å². The number of hydrogen-bond acceptors (Lipinski definition) is 5. The highest BCUT2D eigenvalue weighted by Crippen LogP contribution is 2.33. The van der Waals surface area contributed by atoms with E-state index in [2.05, 4.69) is 4.72 Å². The van der Waals surface area contributed by atoms with Crippen LogP contribution in [0, 0.1) is 17.0 Å². The molecule has 0 aliphatic carbocycles. The number of aryl methyl sites for hydroxylation is 1. The van der Waals surface area contributed by atoms with E-state index in [0.717, 1.165) is 22.4 Å². The van der Waals surface area contributed by atoms with Crippen molar-refractivity contribution in [3.63, 3.8) is 0 Å². The van der Waals surface area contributed by atoms with Crippen molar-refractivity contribution in [1.29, 1.82) is 0 Å². The molecule has 0 fully saturated rings. The molecule has 1 N–H and O–H groups in total. The van der Waals surface area contributed by atoms with Crippen LogP contribution in [-0.2, 0) is 10.0 Å². The summed E-state index contributed by atoms with van der Waals surface area (Å²) < 4.78 is 33.5. The Morgan fingerprint density at radius 2 is 1.74 bits per heavy atom. The molecular formula is C19H24N2O5S. The number of nitrogens with one attached hydrogen (secondary N) is 1. The van der Waals surface area contributed by atoms with Gasteiger partial charge in [-0.25, -0.2) is 13.1 Å². The molecule has 1 unspecified atom stereocenters. The van der Waals surface area contributed by atoms with Gasteiger partial charge in [0.1, 0.15) is 5.75 Å². The van der Waals surface area contributed by atoms with Crippen LogP contribution >= 0.6 is 0 Å². The molecule has 8 heteroatoms. The largest absolute Gasteiger partial charge is 0.496 e. The SMILES string of the molecule is COc1cc(C)c(C(C)NS(=O)(=O)c2ccccc2[N+](=O)[O-])cc1C(C)C. The Hall–Kier alpha value is -2.45. The Morgan fingerprint density at radius 3 is 2.30 bits per heavy atom. The molecule has 0 heterocycles. The zero-order valence-electron chi connectivity index (χ0n) is 16.0. The van der Waals surface area contributed by atoms with E-state index < -0.39 is 26.7 Å². The molecule has 0 radical (unpaired) electrons. The van der Waals surface area contributed by atoms with E-state index in [1.165, 1.54) is 24.3 Å². The molecule has 27 heavy (non-hydrogen) atoms. The van der Waals surface area contributed by atoms with Gasteiger partial charge in [-0.15, -0.1) is 0 Å². The number of nitro groups is 1. The van der Waals surface area contributed by atoms with E-state index in [-0.39, 0.29) is 10.8 Å². The molecule has 0 spiro atoms. The van der Waals surface area contributed by atoms with Crippen LogP contribution in [0.2, 0.25) is 0 Å². The standard InChI is InChI=1S/C19H24N2O5S/c1-12(2)15-11-16(13(3)10-18(15)26-5)14(4)20-27(24,25)19-9-7-6-8-17(19)21(22)23/h6-12,14,20H,1-5H3. The Morgan fingerprint density at radius 1 is 1.11 bits per heavy atom. The van der Waals surface area contributed by atoms with Gasteiger partial charge in [0, 0.05) is 12.1 Å². The Kier molecular flexibility index (Phi) is 6.22. The fourth-order valence-electron chi connectivity index (χ4n) is 3.01. The summed E-state index contributed by atoms with van der Waals surface area (Å²) in [6.45, 7) is 7.64. The van der Waals surface area contributed by atoms with Gasteiger partial charge in [-0.05, 0) is 54.7 Å². The van der Waals surface area contributed by atoms with Crippen molar-refractivity contribution < 1.29 is 18.1 Å². The number of nitrogens with zero attached hydrogens (tertiary/aromatic N) is 1. The fourth-order valence-corrected chi connectivity index (χ4v) is 4.40. The zero-order chi connectivity index (χ0) is 20.4. The van der Waals surface area contributed by atoms with Crippen molar-refractivity contribution in [3.05, 3.63) is 63.2 Å². The third-order valence-corrected chi connectivity index (χ3v) is 5.98. The summed E-state index contributed by atoms with van der Waals surface area (Å²) in [6.07, 6.45) is 0. The molecule has 1 atom stereocenters. The number of methoxy groups -OCH3 is 1. The summed E-state index contributed by atoms with van der Waals surface area (Å²) >= 11 is 0. The first-order valence-electron chi connectivity index (χ1n) is 8.52. The predicted octanol–water partition coefficient (Wildman–Crippen LogP) is 4.07. The van der Waals surface area contributed by atoms with Crippen LogP contribution in [0.4, 0.5) is 5.69 Å². The van der Waals surface area contributed by atoms with Crippen LogP contribution in [0.1, 0.15) is 49.4 Å². The summed E-state index contributed by atoms with van der Waals surface area (Å²) in [6, 6.07) is 8.53. The van der Waals surface area contributed by atoms with Crippen LogP contribution in [0.25, 0.3) is 0 Å². The summed E-state index contributed by atoms with van der Waals surface area (Å²) in [5.74, 6) is 0.943. The first-order valence-corrected chi connectivity index (χ1v) is 10.0. The van der Waals surface area contributed by atoms with E-state index in [1.54, 1.807) is 14.0 Å². The molecule has 0 saturated carbocycles. The summed E-state index contributed by atoms with van der Waals surface area (Å²) in [5, 5.41) is 11.2. The van der Waals surface area contributed by atoms with Crippen molar-refractivity contribution in [2.45, 2.75) is 44.6 Å². The van der Waals surface area contributed by atoms with Gasteiger partial charge in [0.2, 0.25) is 10.0 Å². The molecule has 0 saturated heterocycles. The number of hydrogen-bond donors (Lipinski definition) is 1. The first-order chi connectivity index (χ1) is 12.6. The number of rotatable bonds is 7. The maximum absolute atomic E-state index is 12.8. The van der Waals surface area contributed by atoms with Crippen LogP contribution in [-0.4, -0.2) is 20.5 Å². The van der Waals surface area contributed by atoms with E-state index in [1.807, 2.05) is 32.9 Å². The van der Waals surface area contributed by atoms with Gasteiger partial charge in [0.05, 0.1) is 12.0 Å². The van der Waals surface area contributed by atoms with Crippen molar-refractivity contribution in [2.75, 3.05) is 7.11 Å². The lowest BCUT2D eigenvalue weighted by Crippen LogP contribution is -2.28. The molecule has 0 aliphatic heterocycles. The van der Waals surface area contributed by atoms with E-state index in [9.17, 15) is 18.5 Å². The molecule has 2 aromatic rings. The van der Waals surface area contributed by atoms with Gasteiger partial charge in [-0.2, -0.15) is 0 Å². The van der Waals surface area contributed by atoms with E-state index >= 15 is 0 Å². The summed E-state index contributed by atoms with van der Waals surface area (Å²) in [4.78, 5) is 10.1. The van der Waals surface area contributed by atoms with Gasteiger partial charge in [-0.1, -0.05) is 26.0 Å². The number of para-hydroxylation sites is 1. The zero-order valence-corrected chi connectivity index (χ0v) is 16.8. The third-order valence-electron chi connectivity index (χ3n) is 4.39. The lowest BCUT2D eigenvalue weighted by Gasteiger charge is -2.21. The third kappa shape index (κ3) is 4.45. The van der Waals surface area contributed by atoms with Gasteiger partial charge >= 0.3 is 0 Å². The molecule has 7 nitrogen and oxygen atoms in total. The van der Waals surface area contributed by atoms with Crippen molar-refractivity contribution in [3.8, 4) is 5.75 Å². The quantitative estimate of drug-likeness (QED) is 0.565. The molecule has 2 aromatic carbocycles. The Bertz CT molecular complexity index is 955. The Labute approximate surface area is 159 Å². The highest BCUT2D eigenvalue weighted by atomic mass is 32.2. The van der Waals surface area contributed by atoms with Crippen molar-refractivity contribution in [1.82, 2.24) is 4.72 Å². The minimum absolute atomic E-state index is 0.193. The second kappa shape index (κ2) is 8.06. The van der Waals surface area contributed by atoms with E-state index in [4.69, 9.17) is 4.74 Å². The minimum Gasteiger partial charge on any atom is -0.496 e. The van der Waals surface area contributed by atoms with Crippen LogP contribution < -0.4 is 9.46 Å². The highest BCUT2D eigenvalue weighted by Gasteiger charge is 2.27. The van der Waals surface area contributed by atoms with Gasteiger partial charge in [0.15, 0.2) is 4.90 Å².